The Bertz CT molecular complexity index is 596. The highest BCUT2D eigenvalue weighted by Gasteiger charge is 2.34. The second-order valence-corrected chi connectivity index (χ2v) is 6.83. The van der Waals surface area contributed by atoms with Gasteiger partial charge in [0.2, 0.25) is 0 Å². The standard InChI is InChI=1S/C17H18INO/c18-15-7-5-13(6-8-15)9-17(11-19)10-14-3-1-2-4-16(14)20-12-17/h1-8H,9-12,19H2. The van der Waals surface area contributed by atoms with Crippen molar-refractivity contribution in [2.24, 2.45) is 11.1 Å². The molecule has 0 spiro atoms. The van der Waals surface area contributed by atoms with E-state index >= 15 is 0 Å². The van der Waals surface area contributed by atoms with E-state index in [0.717, 1.165) is 18.6 Å². The molecule has 2 aromatic carbocycles. The van der Waals surface area contributed by atoms with Gasteiger partial charge in [0, 0.05) is 15.5 Å². The van der Waals surface area contributed by atoms with E-state index in [1.165, 1.54) is 14.7 Å². The molecule has 0 saturated heterocycles. The predicted molar refractivity (Wildman–Crippen MR) is 90.0 cm³/mol. The molecule has 20 heavy (non-hydrogen) atoms. The largest absolute Gasteiger partial charge is 0.493 e. The number of halogens is 1. The normalized spacial score (nSPS) is 21.1. The molecule has 0 amide bonds. The molecule has 0 aromatic heterocycles. The lowest BCUT2D eigenvalue weighted by atomic mass is 9.76. The number of hydrogen-bond acceptors (Lipinski definition) is 2. The van der Waals surface area contributed by atoms with E-state index < -0.39 is 0 Å². The topological polar surface area (TPSA) is 35.2 Å². The molecule has 0 saturated carbocycles. The Morgan fingerprint density at radius 2 is 1.85 bits per heavy atom. The molecule has 1 aliphatic rings. The van der Waals surface area contributed by atoms with Gasteiger partial charge in [0.1, 0.15) is 5.75 Å². The van der Waals surface area contributed by atoms with E-state index in [1.54, 1.807) is 0 Å². The lowest BCUT2D eigenvalue weighted by Crippen LogP contribution is -2.43. The Kier molecular flexibility index (Phi) is 3.98. The van der Waals surface area contributed by atoms with E-state index in [4.69, 9.17) is 10.5 Å². The van der Waals surface area contributed by atoms with Crippen molar-refractivity contribution in [2.45, 2.75) is 12.8 Å². The highest BCUT2D eigenvalue weighted by atomic mass is 127. The van der Waals surface area contributed by atoms with Crippen molar-refractivity contribution in [1.82, 2.24) is 0 Å². The van der Waals surface area contributed by atoms with Crippen molar-refractivity contribution in [2.75, 3.05) is 13.2 Å². The van der Waals surface area contributed by atoms with Crippen molar-refractivity contribution in [3.05, 3.63) is 63.2 Å². The molecule has 0 fully saturated rings. The molecule has 0 aliphatic carbocycles. The molecule has 1 aliphatic heterocycles. The van der Waals surface area contributed by atoms with Crippen LogP contribution in [0.5, 0.6) is 5.75 Å². The number of rotatable bonds is 3. The summed E-state index contributed by atoms with van der Waals surface area (Å²) in [6.45, 7) is 1.35. The first-order valence-corrected chi connectivity index (χ1v) is 7.94. The van der Waals surface area contributed by atoms with Crippen molar-refractivity contribution >= 4 is 22.6 Å². The molecule has 3 rings (SSSR count). The third-order valence-corrected chi connectivity index (χ3v) is 4.72. The monoisotopic (exact) mass is 379 g/mol. The SMILES string of the molecule is NCC1(Cc2ccc(I)cc2)COc2ccccc2C1. The number of ether oxygens (including phenoxy) is 1. The Labute approximate surface area is 133 Å². The zero-order valence-corrected chi connectivity index (χ0v) is 13.5. The van der Waals surface area contributed by atoms with E-state index in [0.29, 0.717) is 13.2 Å². The average molecular weight is 379 g/mol. The van der Waals surface area contributed by atoms with Crippen LogP contribution in [0.15, 0.2) is 48.5 Å². The molecule has 3 heteroatoms. The summed E-state index contributed by atoms with van der Waals surface area (Å²) in [5.74, 6) is 1.01. The number of para-hydroxylation sites is 1. The van der Waals surface area contributed by atoms with Crippen LogP contribution in [0.25, 0.3) is 0 Å². The van der Waals surface area contributed by atoms with Gasteiger partial charge in [0.15, 0.2) is 0 Å². The van der Waals surface area contributed by atoms with E-state index in [9.17, 15) is 0 Å². The van der Waals surface area contributed by atoms with Gasteiger partial charge in [0.25, 0.3) is 0 Å². The number of nitrogens with two attached hydrogens (primary N) is 1. The van der Waals surface area contributed by atoms with Gasteiger partial charge in [-0.05, 0) is 64.8 Å². The van der Waals surface area contributed by atoms with Crippen molar-refractivity contribution in [1.29, 1.82) is 0 Å². The molecule has 0 bridgehead atoms. The maximum absolute atomic E-state index is 6.09. The first-order chi connectivity index (χ1) is 9.71. The second kappa shape index (κ2) is 5.74. The molecule has 2 nitrogen and oxygen atoms in total. The fraction of sp³-hybridized carbons (Fsp3) is 0.294. The van der Waals surface area contributed by atoms with Crippen LogP contribution >= 0.6 is 22.6 Å². The second-order valence-electron chi connectivity index (χ2n) is 5.58. The van der Waals surface area contributed by atoms with Crippen molar-refractivity contribution < 1.29 is 4.74 Å². The highest BCUT2D eigenvalue weighted by molar-refractivity contribution is 14.1. The highest BCUT2D eigenvalue weighted by Crippen LogP contribution is 2.36. The third kappa shape index (κ3) is 2.83. The van der Waals surface area contributed by atoms with Crippen molar-refractivity contribution in [3.63, 3.8) is 0 Å². The maximum Gasteiger partial charge on any atom is 0.122 e. The van der Waals surface area contributed by atoms with Gasteiger partial charge in [0.05, 0.1) is 6.61 Å². The van der Waals surface area contributed by atoms with Gasteiger partial charge >= 0.3 is 0 Å². The maximum atomic E-state index is 6.09. The van der Waals surface area contributed by atoms with E-state index in [-0.39, 0.29) is 5.41 Å². The minimum atomic E-state index is 0.0150. The quantitative estimate of drug-likeness (QED) is 0.830. The summed E-state index contributed by atoms with van der Waals surface area (Å²) in [4.78, 5) is 0. The summed E-state index contributed by atoms with van der Waals surface area (Å²) in [6.07, 6.45) is 1.96. The van der Waals surface area contributed by atoms with Gasteiger partial charge in [-0.1, -0.05) is 30.3 Å². The molecule has 1 atom stereocenters. The smallest absolute Gasteiger partial charge is 0.122 e. The summed E-state index contributed by atoms with van der Waals surface area (Å²) in [5.41, 5.74) is 8.71. The first kappa shape index (κ1) is 13.9. The fourth-order valence-electron chi connectivity index (χ4n) is 2.83. The van der Waals surface area contributed by atoms with Gasteiger partial charge in [-0.15, -0.1) is 0 Å². The van der Waals surface area contributed by atoms with E-state index in [2.05, 4.69) is 59.0 Å². The van der Waals surface area contributed by atoms with Crippen molar-refractivity contribution in [3.8, 4) is 5.75 Å². The minimum absolute atomic E-state index is 0.0150. The summed E-state index contributed by atoms with van der Waals surface area (Å²) in [7, 11) is 0. The van der Waals surface area contributed by atoms with Crippen LogP contribution in [0.1, 0.15) is 11.1 Å². The Hall–Kier alpha value is -1.07. The average Bonchev–Trinajstić information content (AvgIpc) is 2.49. The molecule has 2 N–H and O–H groups in total. The Morgan fingerprint density at radius 3 is 2.60 bits per heavy atom. The van der Waals surface area contributed by atoms with Gasteiger partial charge < -0.3 is 10.5 Å². The number of hydrogen-bond donors (Lipinski definition) is 1. The van der Waals surface area contributed by atoms with Crippen LogP contribution in [0.2, 0.25) is 0 Å². The Balaban J connectivity index is 1.84. The number of fused-ring (bicyclic) bond motifs is 1. The summed E-state index contributed by atoms with van der Waals surface area (Å²) >= 11 is 2.33. The molecule has 104 valence electrons. The number of benzene rings is 2. The molecule has 1 heterocycles. The van der Waals surface area contributed by atoms with Crippen LogP contribution < -0.4 is 10.5 Å². The first-order valence-electron chi connectivity index (χ1n) is 6.86. The van der Waals surface area contributed by atoms with Crippen LogP contribution in [-0.4, -0.2) is 13.2 Å². The summed E-state index contributed by atoms with van der Waals surface area (Å²) in [5, 5.41) is 0. The zero-order chi connectivity index (χ0) is 14.0. The van der Waals surface area contributed by atoms with E-state index in [1.807, 2.05) is 12.1 Å². The molecule has 0 radical (unpaired) electrons. The predicted octanol–water partition coefficient (Wildman–Crippen LogP) is 3.41. The summed E-state index contributed by atoms with van der Waals surface area (Å²) < 4.78 is 7.21. The fourth-order valence-corrected chi connectivity index (χ4v) is 3.19. The van der Waals surface area contributed by atoms with Gasteiger partial charge in [-0.25, -0.2) is 0 Å². The van der Waals surface area contributed by atoms with Crippen LogP contribution in [-0.2, 0) is 12.8 Å². The van der Waals surface area contributed by atoms with Gasteiger partial charge in [-0.3, -0.25) is 0 Å². The van der Waals surface area contributed by atoms with Crippen LogP contribution in [0.3, 0.4) is 0 Å². The van der Waals surface area contributed by atoms with Crippen LogP contribution in [0, 0.1) is 8.99 Å². The molecule has 1 unspecified atom stereocenters. The van der Waals surface area contributed by atoms with Crippen LogP contribution in [0.4, 0.5) is 0 Å². The molecule has 2 aromatic rings. The Morgan fingerprint density at radius 1 is 1.10 bits per heavy atom. The molecular weight excluding hydrogens is 361 g/mol. The molecular formula is C17H18INO. The van der Waals surface area contributed by atoms with Gasteiger partial charge in [-0.2, -0.15) is 0 Å². The lowest BCUT2D eigenvalue weighted by molar-refractivity contribution is 0.126. The third-order valence-electron chi connectivity index (χ3n) is 4.00. The summed E-state index contributed by atoms with van der Waals surface area (Å²) in [6, 6.07) is 17.0. The zero-order valence-electron chi connectivity index (χ0n) is 11.3. The minimum Gasteiger partial charge on any atom is -0.493 e. The lowest BCUT2D eigenvalue weighted by Gasteiger charge is -2.37.